The molecule has 3 heterocycles. The molecule has 8 atom stereocenters. The first-order valence-electron chi connectivity index (χ1n) is 20.4. The molecule has 0 unspecified atom stereocenters. The van der Waals surface area contributed by atoms with Crippen LogP contribution in [0.25, 0.3) is 10.9 Å². The molecule has 1 aromatic heterocycles. The molecule has 2 aliphatic heterocycles. The molecule has 3 N–H and O–H groups in total. The van der Waals surface area contributed by atoms with Gasteiger partial charge in [-0.15, -0.1) is 0 Å². The van der Waals surface area contributed by atoms with Crippen molar-refractivity contribution < 1.29 is 45.9 Å². The lowest BCUT2D eigenvalue weighted by Crippen LogP contribution is -2.60. The Hall–Kier alpha value is -4.35. The maximum absolute atomic E-state index is 14.7. The van der Waals surface area contributed by atoms with Crippen LogP contribution >= 0.6 is 0 Å². The lowest BCUT2D eigenvalue weighted by Gasteiger charge is -2.36. The van der Waals surface area contributed by atoms with Crippen LogP contribution in [0.2, 0.25) is 0 Å². The van der Waals surface area contributed by atoms with Crippen LogP contribution in [0.3, 0.4) is 0 Å². The van der Waals surface area contributed by atoms with Crippen LogP contribution < -0.4 is 25.7 Å². The van der Waals surface area contributed by atoms with Crippen LogP contribution in [-0.2, 0) is 35.7 Å². The van der Waals surface area contributed by atoms with E-state index in [1.54, 1.807) is 45.0 Å². The number of nitrogens with one attached hydrogen (secondary N) is 3. The number of alkyl carbamates (subject to hydrolysis) is 1. The van der Waals surface area contributed by atoms with Crippen LogP contribution in [0, 0.1) is 23.2 Å². The van der Waals surface area contributed by atoms with Gasteiger partial charge in [0.1, 0.15) is 29.8 Å². The summed E-state index contributed by atoms with van der Waals surface area (Å²) in [4.78, 5) is 76.0. The predicted octanol–water partition coefficient (Wildman–Crippen LogP) is 4.01. The normalized spacial score (nSPS) is 31.5. The van der Waals surface area contributed by atoms with Crippen LogP contribution in [0.4, 0.5) is 13.6 Å². The SMILES string of the molecule is C[C@H]1CC[C@H]2OC(=O)N[C@@H](C(C)(C)C)C(=O)N3C[C@@H](C[C@H]3C(=O)N[C@]3(C(=O)NS(=O)(=O)C4(C)CC4)C[C@H]3C(F)F)Oc3nc4ccccc4c(=O)n3CCCCC[C@H]12. The van der Waals surface area contributed by atoms with E-state index in [0.717, 1.165) is 25.7 Å². The molecule has 318 valence electrons. The van der Waals surface area contributed by atoms with Gasteiger partial charge in [-0.05, 0) is 81.3 Å². The number of ether oxygens (including phenoxy) is 2. The van der Waals surface area contributed by atoms with Crippen molar-refractivity contribution in [1.82, 2.24) is 29.8 Å². The summed E-state index contributed by atoms with van der Waals surface area (Å²) < 4.78 is 69.1. The number of benzene rings is 1. The van der Waals surface area contributed by atoms with Gasteiger partial charge in [-0.3, -0.25) is 28.5 Å². The number of amides is 4. The summed E-state index contributed by atoms with van der Waals surface area (Å²) in [6.07, 6.45) is -0.810. The number of rotatable bonds is 6. The second kappa shape index (κ2) is 15.4. The maximum Gasteiger partial charge on any atom is 0.408 e. The van der Waals surface area contributed by atoms with E-state index in [1.807, 2.05) is 4.72 Å². The van der Waals surface area contributed by atoms with Crippen molar-refractivity contribution in [3.05, 3.63) is 34.6 Å². The zero-order chi connectivity index (χ0) is 41.9. The van der Waals surface area contributed by atoms with Crippen molar-refractivity contribution >= 4 is 44.7 Å². The molecular formula is C40H54F2N6O9S. The lowest BCUT2D eigenvalue weighted by atomic mass is 9.85. The van der Waals surface area contributed by atoms with E-state index in [1.165, 1.54) is 16.4 Å². The Morgan fingerprint density at radius 2 is 1.76 bits per heavy atom. The summed E-state index contributed by atoms with van der Waals surface area (Å²) in [6.45, 7) is 8.80. The van der Waals surface area contributed by atoms with E-state index in [-0.39, 0.29) is 55.9 Å². The van der Waals surface area contributed by atoms with Gasteiger partial charge >= 0.3 is 6.09 Å². The van der Waals surface area contributed by atoms with Gasteiger partial charge in [0, 0.05) is 13.0 Å². The number of para-hydroxylation sites is 1. The Morgan fingerprint density at radius 3 is 2.43 bits per heavy atom. The number of carbonyl (C=O) groups excluding carboxylic acids is 4. The summed E-state index contributed by atoms with van der Waals surface area (Å²) in [5.41, 5.74) is -3.12. The number of hydrogen-bond donors (Lipinski definition) is 3. The molecule has 0 spiro atoms. The van der Waals surface area contributed by atoms with Gasteiger partial charge in [0.15, 0.2) is 0 Å². The highest BCUT2D eigenvalue weighted by Crippen LogP contribution is 2.49. The number of sulfonamides is 1. The molecule has 7 rings (SSSR count). The quantitative estimate of drug-likeness (QED) is 0.383. The Kier molecular flexibility index (Phi) is 11.1. The Labute approximate surface area is 336 Å². The second-order valence-corrected chi connectivity index (χ2v) is 20.5. The summed E-state index contributed by atoms with van der Waals surface area (Å²) >= 11 is 0. The molecule has 18 heteroatoms. The summed E-state index contributed by atoms with van der Waals surface area (Å²) in [5, 5.41) is 5.58. The molecule has 1 saturated heterocycles. The summed E-state index contributed by atoms with van der Waals surface area (Å²) in [6, 6.07) is 4.14. The largest absolute Gasteiger partial charge is 0.459 e. The van der Waals surface area contributed by atoms with Gasteiger partial charge < -0.3 is 25.0 Å². The van der Waals surface area contributed by atoms with Crippen molar-refractivity contribution in [3.63, 3.8) is 0 Å². The van der Waals surface area contributed by atoms with Crippen molar-refractivity contribution in [3.8, 4) is 6.01 Å². The van der Waals surface area contributed by atoms with Gasteiger partial charge in [0.25, 0.3) is 17.5 Å². The van der Waals surface area contributed by atoms with E-state index in [2.05, 4.69) is 22.5 Å². The minimum Gasteiger partial charge on any atom is -0.459 e. The smallest absolute Gasteiger partial charge is 0.408 e. The fourth-order valence-corrected chi connectivity index (χ4v) is 10.2. The second-order valence-electron chi connectivity index (χ2n) is 18.3. The van der Waals surface area contributed by atoms with Gasteiger partial charge in [0.2, 0.25) is 28.3 Å². The van der Waals surface area contributed by atoms with Crippen LogP contribution in [0.1, 0.15) is 98.8 Å². The number of aromatic nitrogens is 2. The van der Waals surface area contributed by atoms with Crippen LogP contribution in [0.15, 0.2) is 29.1 Å². The average molecular weight is 833 g/mol. The van der Waals surface area contributed by atoms with Gasteiger partial charge in [-0.1, -0.05) is 52.7 Å². The predicted molar refractivity (Wildman–Crippen MR) is 207 cm³/mol. The van der Waals surface area contributed by atoms with Gasteiger partial charge in [-0.25, -0.2) is 22.0 Å². The molecule has 2 bridgehead atoms. The number of nitrogens with zero attached hydrogens (tertiary/aromatic N) is 3. The van der Waals surface area contributed by atoms with Crippen LogP contribution in [0.5, 0.6) is 6.01 Å². The highest BCUT2D eigenvalue weighted by Gasteiger charge is 2.67. The van der Waals surface area contributed by atoms with Crippen molar-refractivity contribution in [2.45, 2.75) is 146 Å². The van der Waals surface area contributed by atoms with Gasteiger partial charge in [0.05, 0.1) is 28.1 Å². The summed E-state index contributed by atoms with van der Waals surface area (Å²) in [5.74, 6) is -4.25. The third-order valence-corrected chi connectivity index (χ3v) is 15.2. The topological polar surface area (TPSA) is 195 Å². The van der Waals surface area contributed by atoms with Crippen molar-refractivity contribution in [2.75, 3.05) is 6.54 Å². The molecule has 1 aromatic carbocycles. The number of hydrogen-bond acceptors (Lipinski definition) is 10. The Balaban J connectivity index is 1.24. The standard InChI is InChI=1S/C40H54F2N6O9S/c1-22-14-15-29-24(22)11-7-6-10-18-47-33(50)25-12-8-9-13-27(25)43-36(47)56-23-19-28(48(21-23)34(51)30(38(2,3)4)44-37(53)57-29)32(49)45-40(20-26(40)31(41)42)35(52)46-58(54,55)39(5)16-17-39/h8-9,12-13,22-24,26,28-31H,6-7,10-11,14-21H2,1-5H3,(H,44,53)(H,45,49)(H,46,52)/t22-,23+,24+,26-,28-,29+,30+,40+/m0/s1. The molecule has 3 saturated carbocycles. The number of halogens is 2. The number of fused-ring (bicyclic) bond motifs is 5. The zero-order valence-corrected chi connectivity index (χ0v) is 34.4. The molecule has 0 radical (unpaired) electrons. The zero-order valence-electron chi connectivity index (χ0n) is 33.6. The Bertz CT molecular complexity index is 2140. The Morgan fingerprint density at radius 1 is 1.03 bits per heavy atom. The first kappa shape index (κ1) is 41.8. The van der Waals surface area contributed by atoms with Crippen molar-refractivity contribution in [2.24, 2.45) is 23.2 Å². The first-order chi connectivity index (χ1) is 27.2. The highest BCUT2D eigenvalue weighted by atomic mass is 32.2. The first-order valence-corrected chi connectivity index (χ1v) is 21.8. The van der Waals surface area contributed by atoms with E-state index in [9.17, 15) is 41.2 Å². The molecule has 4 amide bonds. The molecule has 4 fully saturated rings. The van der Waals surface area contributed by atoms with E-state index in [0.29, 0.717) is 29.7 Å². The average Bonchev–Trinajstić information content (AvgIpc) is 4.00. The fourth-order valence-electron chi connectivity index (χ4n) is 8.87. The number of carbonyl (C=O) groups is 4. The third-order valence-electron chi connectivity index (χ3n) is 13.0. The monoisotopic (exact) mass is 832 g/mol. The highest BCUT2D eigenvalue weighted by molar-refractivity contribution is 7.91. The molecule has 58 heavy (non-hydrogen) atoms. The van der Waals surface area contributed by atoms with Crippen LogP contribution in [-0.4, -0.2) is 94.2 Å². The van der Waals surface area contributed by atoms with E-state index >= 15 is 0 Å². The molecule has 2 aromatic rings. The molecule has 5 aliphatic rings. The van der Waals surface area contributed by atoms with E-state index in [4.69, 9.17) is 9.47 Å². The lowest BCUT2D eigenvalue weighted by molar-refractivity contribution is -0.143. The molecule has 3 aliphatic carbocycles. The maximum atomic E-state index is 14.7. The fraction of sp³-hybridized carbons (Fsp3) is 0.700. The van der Waals surface area contributed by atoms with Crippen molar-refractivity contribution in [1.29, 1.82) is 0 Å². The molecule has 15 nitrogen and oxygen atoms in total. The van der Waals surface area contributed by atoms with Gasteiger partial charge in [-0.2, -0.15) is 4.98 Å². The molecular weight excluding hydrogens is 779 g/mol. The number of alkyl halides is 2. The minimum absolute atomic E-state index is 0.0172. The third kappa shape index (κ3) is 8.01. The summed E-state index contributed by atoms with van der Waals surface area (Å²) in [7, 11) is -4.25. The van der Waals surface area contributed by atoms with E-state index < -0.39 is 86.5 Å². The minimum atomic E-state index is -4.25.